The second-order valence-electron chi connectivity index (χ2n) is 6.33. The van der Waals surface area contributed by atoms with E-state index in [4.69, 9.17) is 9.15 Å². The van der Waals surface area contributed by atoms with Gasteiger partial charge in [0.25, 0.3) is 0 Å². The zero-order valence-electron chi connectivity index (χ0n) is 16.1. The van der Waals surface area contributed by atoms with Crippen LogP contribution in [0.25, 0.3) is 0 Å². The van der Waals surface area contributed by atoms with Crippen molar-refractivity contribution < 1.29 is 22.4 Å². The molecule has 0 radical (unpaired) electrons. The molecule has 0 spiro atoms. The normalized spacial score (nSPS) is 11.2. The summed E-state index contributed by atoms with van der Waals surface area (Å²) in [6.07, 6.45) is 1.37. The maximum atomic E-state index is 12.4. The van der Waals surface area contributed by atoms with Crippen LogP contribution in [0.1, 0.15) is 23.9 Å². The highest BCUT2D eigenvalue weighted by Crippen LogP contribution is 2.17. The molecule has 0 aliphatic rings. The smallest absolute Gasteiger partial charge is 0.322 e. The predicted octanol–water partition coefficient (Wildman–Crippen LogP) is 2.64. The molecule has 0 atom stereocenters. The molecule has 1 heterocycles. The number of nitrogens with one attached hydrogen (secondary N) is 1. The van der Waals surface area contributed by atoms with Crippen molar-refractivity contribution in [1.82, 2.24) is 10.2 Å². The van der Waals surface area contributed by atoms with E-state index >= 15 is 0 Å². The number of carbonyl (C=O) groups excluding carboxylic acids is 1. The fourth-order valence-electron chi connectivity index (χ4n) is 2.64. The molecule has 0 aliphatic carbocycles. The van der Waals surface area contributed by atoms with Gasteiger partial charge in [0.05, 0.1) is 18.4 Å². The Kier molecular flexibility index (Phi) is 6.28. The Bertz CT molecular complexity index is 1070. The van der Waals surface area contributed by atoms with Gasteiger partial charge in [0.1, 0.15) is 11.5 Å². The molecule has 3 rings (SSSR count). The monoisotopic (exact) mass is 415 g/mol. The number of aryl methyl sites for hydroxylation is 1. The molecule has 29 heavy (non-hydrogen) atoms. The Labute approximate surface area is 168 Å². The third kappa shape index (κ3) is 5.41. The Morgan fingerprint density at radius 3 is 2.31 bits per heavy atom. The summed E-state index contributed by atoms with van der Waals surface area (Å²) in [6.45, 7) is 2.08. The maximum Gasteiger partial charge on any atom is 0.322 e. The number of aromatic nitrogens is 2. The lowest BCUT2D eigenvalue weighted by Crippen LogP contribution is -2.23. The van der Waals surface area contributed by atoms with Crippen molar-refractivity contribution in [3.63, 3.8) is 0 Å². The quantitative estimate of drug-likeness (QED) is 0.602. The van der Waals surface area contributed by atoms with Crippen LogP contribution in [-0.4, -0.2) is 37.4 Å². The Morgan fingerprint density at radius 1 is 1.03 bits per heavy atom. The molecule has 1 N–H and O–H groups in total. The van der Waals surface area contributed by atoms with Crippen LogP contribution in [0.15, 0.2) is 57.8 Å². The number of hydrogen-bond donors (Lipinski definition) is 1. The molecule has 1 amide bonds. The molecule has 0 saturated heterocycles. The van der Waals surface area contributed by atoms with Crippen LogP contribution < -0.4 is 10.1 Å². The van der Waals surface area contributed by atoms with Crippen molar-refractivity contribution in [2.75, 3.05) is 18.2 Å². The van der Waals surface area contributed by atoms with Crippen molar-refractivity contribution in [1.29, 1.82) is 0 Å². The lowest BCUT2D eigenvalue weighted by molar-refractivity contribution is -0.114. The molecule has 9 heteroatoms. The molecule has 152 valence electrons. The number of benzene rings is 2. The zero-order chi connectivity index (χ0) is 20.9. The van der Waals surface area contributed by atoms with Crippen LogP contribution in [0.5, 0.6) is 5.75 Å². The molecule has 0 saturated carbocycles. The Morgan fingerprint density at radius 2 is 1.69 bits per heavy atom. The maximum absolute atomic E-state index is 12.4. The first kappa shape index (κ1) is 20.5. The van der Waals surface area contributed by atoms with Crippen LogP contribution in [0, 0.1) is 0 Å². The first-order valence-corrected chi connectivity index (χ1v) is 10.6. The highest BCUT2D eigenvalue weighted by molar-refractivity contribution is 7.92. The van der Waals surface area contributed by atoms with E-state index in [9.17, 15) is 13.2 Å². The lowest BCUT2D eigenvalue weighted by Gasteiger charge is -2.05. The van der Waals surface area contributed by atoms with E-state index in [1.54, 1.807) is 0 Å². The number of sulfone groups is 1. The fourth-order valence-corrected chi connectivity index (χ4v) is 3.77. The molecular formula is C20H21N3O5S. The Balaban J connectivity index is 1.60. The first-order chi connectivity index (χ1) is 13.9. The summed E-state index contributed by atoms with van der Waals surface area (Å²) in [6, 6.07) is 13.7. The van der Waals surface area contributed by atoms with Crippen LogP contribution in [0.4, 0.5) is 6.01 Å². The summed E-state index contributed by atoms with van der Waals surface area (Å²) in [5.74, 6) is -0.655. The highest BCUT2D eigenvalue weighted by Gasteiger charge is 2.21. The number of methoxy groups -OCH3 is 1. The van der Waals surface area contributed by atoms with Crippen LogP contribution in [0.2, 0.25) is 0 Å². The van der Waals surface area contributed by atoms with E-state index in [2.05, 4.69) is 22.4 Å². The minimum absolute atomic E-state index is 0.0233. The predicted molar refractivity (Wildman–Crippen MR) is 107 cm³/mol. The van der Waals surface area contributed by atoms with Crippen LogP contribution in [-0.2, 0) is 27.5 Å². The second-order valence-corrected chi connectivity index (χ2v) is 8.32. The summed E-state index contributed by atoms with van der Waals surface area (Å²) < 4.78 is 35.1. The van der Waals surface area contributed by atoms with Crippen molar-refractivity contribution in [3.05, 3.63) is 65.5 Å². The lowest BCUT2D eigenvalue weighted by atomic mass is 10.1. The van der Waals surface area contributed by atoms with E-state index in [0.717, 1.165) is 12.0 Å². The van der Waals surface area contributed by atoms with Gasteiger partial charge in [0.2, 0.25) is 11.8 Å². The van der Waals surface area contributed by atoms with Crippen molar-refractivity contribution >= 4 is 21.8 Å². The molecule has 0 fully saturated rings. The standard InChI is InChI=1S/C20H21N3O5S/c1-3-14-4-6-15(7-5-14)12-19-22-23-20(28-19)21-18(24)13-29(25,26)17-10-8-16(27-2)9-11-17/h4-11H,3,12-13H2,1-2H3,(H,21,23,24). The third-order valence-corrected chi connectivity index (χ3v) is 5.87. The van der Waals surface area contributed by atoms with Gasteiger partial charge in [-0.1, -0.05) is 36.3 Å². The number of nitrogens with zero attached hydrogens (tertiary/aromatic N) is 2. The zero-order valence-corrected chi connectivity index (χ0v) is 16.9. The van der Waals surface area contributed by atoms with Crippen LogP contribution in [0.3, 0.4) is 0 Å². The minimum atomic E-state index is -3.81. The van der Waals surface area contributed by atoms with Gasteiger partial charge in [-0.2, -0.15) is 0 Å². The SMILES string of the molecule is CCc1ccc(Cc2nnc(NC(=O)CS(=O)(=O)c3ccc(OC)cc3)o2)cc1. The van der Waals surface area contributed by atoms with Crippen molar-refractivity contribution in [3.8, 4) is 5.75 Å². The summed E-state index contributed by atoms with van der Waals surface area (Å²) in [5, 5.41) is 9.97. The van der Waals surface area contributed by atoms with E-state index in [1.807, 2.05) is 24.3 Å². The highest BCUT2D eigenvalue weighted by atomic mass is 32.2. The van der Waals surface area contributed by atoms with Crippen molar-refractivity contribution in [2.24, 2.45) is 0 Å². The molecule has 2 aromatic carbocycles. The van der Waals surface area contributed by atoms with E-state index < -0.39 is 21.5 Å². The van der Waals surface area contributed by atoms with Gasteiger partial charge >= 0.3 is 6.01 Å². The molecule has 0 aliphatic heterocycles. The number of hydrogen-bond acceptors (Lipinski definition) is 7. The van der Waals surface area contributed by atoms with Gasteiger partial charge in [-0.15, -0.1) is 5.10 Å². The molecule has 0 bridgehead atoms. The first-order valence-electron chi connectivity index (χ1n) is 8.96. The van der Waals surface area contributed by atoms with E-state index in [-0.39, 0.29) is 10.9 Å². The minimum Gasteiger partial charge on any atom is -0.497 e. The van der Waals surface area contributed by atoms with Gasteiger partial charge < -0.3 is 9.15 Å². The average molecular weight is 415 g/mol. The summed E-state index contributed by atoms with van der Waals surface area (Å²) in [5.41, 5.74) is 2.22. The van der Waals surface area contributed by atoms with Gasteiger partial charge in [-0.25, -0.2) is 8.42 Å². The average Bonchev–Trinajstić information content (AvgIpc) is 3.14. The summed E-state index contributed by atoms with van der Waals surface area (Å²) >= 11 is 0. The van der Waals surface area contributed by atoms with E-state index in [0.29, 0.717) is 18.1 Å². The van der Waals surface area contributed by atoms with Crippen molar-refractivity contribution in [2.45, 2.75) is 24.7 Å². The molecule has 1 aromatic heterocycles. The third-order valence-electron chi connectivity index (χ3n) is 4.24. The van der Waals surface area contributed by atoms with Crippen LogP contribution >= 0.6 is 0 Å². The molecule has 8 nitrogen and oxygen atoms in total. The van der Waals surface area contributed by atoms with Gasteiger partial charge in [-0.05, 0) is 41.8 Å². The topological polar surface area (TPSA) is 111 Å². The van der Waals surface area contributed by atoms with Gasteiger partial charge in [0.15, 0.2) is 9.84 Å². The second kappa shape index (κ2) is 8.87. The molecular weight excluding hydrogens is 394 g/mol. The summed E-state index contributed by atoms with van der Waals surface area (Å²) in [4.78, 5) is 12.1. The number of anilines is 1. The largest absolute Gasteiger partial charge is 0.497 e. The molecule has 0 unspecified atom stereocenters. The number of amides is 1. The van der Waals surface area contributed by atoms with Gasteiger partial charge in [0, 0.05) is 0 Å². The fraction of sp³-hybridized carbons (Fsp3) is 0.250. The Hall–Kier alpha value is -3.20. The summed E-state index contributed by atoms with van der Waals surface area (Å²) in [7, 11) is -2.33. The van der Waals surface area contributed by atoms with E-state index in [1.165, 1.54) is 36.9 Å². The number of rotatable bonds is 8. The number of ether oxygens (including phenoxy) is 1. The number of carbonyl (C=O) groups is 1. The van der Waals surface area contributed by atoms with Gasteiger partial charge in [-0.3, -0.25) is 10.1 Å². The molecule has 3 aromatic rings.